The zero-order chi connectivity index (χ0) is 21.6. The third kappa shape index (κ3) is 6.00. The largest absolute Gasteiger partial charge is 0.495 e. The molecule has 0 aromatic heterocycles. The van der Waals surface area contributed by atoms with Crippen molar-refractivity contribution >= 4 is 44.8 Å². The second kappa shape index (κ2) is 9.48. The molecule has 0 unspecified atom stereocenters. The second-order valence-electron chi connectivity index (χ2n) is 5.95. The number of nitrogens with zero attached hydrogens (tertiary/aromatic N) is 1. The molecule has 0 atom stereocenters. The summed E-state index contributed by atoms with van der Waals surface area (Å²) >= 11 is 0.891. The molecule has 2 aromatic rings. The van der Waals surface area contributed by atoms with E-state index in [-0.39, 0.29) is 21.6 Å². The molecule has 0 aliphatic carbocycles. The Balaban J connectivity index is 2.43. The molecule has 10 heteroatoms. The molecule has 0 bridgehead atoms. The molecule has 2 N–H and O–H groups in total. The van der Waals surface area contributed by atoms with E-state index in [9.17, 15) is 18.0 Å². The lowest BCUT2D eigenvalue weighted by Crippen LogP contribution is -2.17. The van der Waals surface area contributed by atoms with Gasteiger partial charge in [0.2, 0.25) is 0 Å². The van der Waals surface area contributed by atoms with Crippen LogP contribution in [-0.2, 0) is 14.8 Å². The maximum absolute atomic E-state index is 13.0. The van der Waals surface area contributed by atoms with E-state index in [4.69, 9.17) is 9.84 Å². The van der Waals surface area contributed by atoms with Crippen LogP contribution in [0.15, 0.2) is 58.3 Å². The molecule has 0 saturated carbocycles. The summed E-state index contributed by atoms with van der Waals surface area (Å²) in [6.07, 6.45) is 2.19. The molecule has 0 spiro atoms. The van der Waals surface area contributed by atoms with Crippen molar-refractivity contribution < 1.29 is 27.9 Å². The summed E-state index contributed by atoms with van der Waals surface area (Å²) < 4.78 is 33.6. The van der Waals surface area contributed by atoms with Crippen molar-refractivity contribution in [2.45, 2.75) is 9.79 Å². The van der Waals surface area contributed by atoms with Gasteiger partial charge < -0.3 is 14.7 Å². The van der Waals surface area contributed by atoms with E-state index in [0.717, 1.165) is 17.8 Å². The average Bonchev–Trinajstić information content (AvgIpc) is 2.67. The van der Waals surface area contributed by atoms with Gasteiger partial charge in [0, 0.05) is 25.1 Å². The number of methoxy groups -OCH3 is 1. The molecule has 0 heterocycles. The molecule has 2 rings (SSSR count). The van der Waals surface area contributed by atoms with Crippen molar-refractivity contribution in [3.63, 3.8) is 0 Å². The van der Waals surface area contributed by atoms with Gasteiger partial charge in [0.15, 0.2) is 0 Å². The Hall–Kier alpha value is -2.98. The third-order valence-electron chi connectivity index (χ3n) is 3.59. The highest BCUT2D eigenvalue weighted by Gasteiger charge is 2.22. The number of para-hydroxylation sites is 1. The van der Waals surface area contributed by atoms with Crippen LogP contribution >= 0.6 is 11.8 Å². The summed E-state index contributed by atoms with van der Waals surface area (Å²) in [6.45, 7) is 0. The van der Waals surface area contributed by atoms with E-state index < -0.39 is 16.0 Å². The van der Waals surface area contributed by atoms with Crippen molar-refractivity contribution in [2.24, 2.45) is 0 Å². The van der Waals surface area contributed by atoms with Crippen LogP contribution < -0.4 is 9.46 Å². The monoisotopic (exact) mass is 436 g/mol. The molecule has 29 heavy (non-hydrogen) atoms. The van der Waals surface area contributed by atoms with E-state index in [2.05, 4.69) is 4.72 Å². The number of anilines is 1. The number of nitrogens with one attached hydrogen (secondary N) is 1. The molecule has 154 valence electrons. The minimum Gasteiger partial charge on any atom is -0.495 e. The first-order valence-electron chi connectivity index (χ1n) is 8.24. The number of hydrogen-bond donors (Lipinski definition) is 2. The van der Waals surface area contributed by atoms with Gasteiger partial charge in [-0.3, -0.25) is 9.52 Å². The zero-order valence-electron chi connectivity index (χ0n) is 15.9. The van der Waals surface area contributed by atoms with E-state index in [0.29, 0.717) is 10.5 Å². The lowest BCUT2D eigenvalue weighted by atomic mass is 10.2. The highest BCUT2D eigenvalue weighted by atomic mass is 32.2. The Labute approximate surface area is 173 Å². The van der Waals surface area contributed by atoms with Crippen molar-refractivity contribution in [1.82, 2.24) is 4.90 Å². The number of carboxylic acids is 1. The van der Waals surface area contributed by atoms with Crippen molar-refractivity contribution in [2.75, 3.05) is 25.9 Å². The smallest absolute Gasteiger partial charge is 0.328 e. The fourth-order valence-electron chi connectivity index (χ4n) is 2.20. The number of rotatable bonds is 7. The summed E-state index contributed by atoms with van der Waals surface area (Å²) in [6, 6.07) is 10.8. The molecule has 0 radical (unpaired) electrons. The number of aliphatic carboxylic acids is 1. The van der Waals surface area contributed by atoms with E-state index in [1.54, 1.807) is 38.4 Å². The number of ether oxygens (including phenoxy) is 1. The van der Waals surface area contributed by atoms with Gasteiger partial charge in [-0.1, -0.05) is 18.2 Å². The Morgan fingerprint density at radius 2 is 1.86 bits per heavy atom. The molecular formula is C19H20N2O6S2. The lowest BCUT2D eigenvalue weighted by molar-refractivity contribution is -0.131. The van der Waals surface area contributed by atoms with Crippen LogP contribution in [0, 0.1) is 0 Å². The van der Waals surface area contributed by atoms with Crippen LogP contribution in [0.3, 0.4) is 0 Å². The van der Waals surface area contributed by atoms with Gasteiger partial charge in [-0.05, 0) is 47.7 Å². The lowest BCUT2D eigenvalue weighted by Gasteiger charge is -2.15. The Bertz CT molecular complexity index is 1050. The van der Waals surface area contributed by atoms with Gasteiger partial charge in [-0.15, -0.1) is 0 Å². The molecule has 1 amide bonds. The molecule has 0 aliphatic heterocycles. The normalized spacial score (nSPS) is 11.3. The van der Waals surface area contributed by atoms with Gasteiger partial charge in [0.25, 0.3) is 15.3 Å². The standard InChI is InChI=1S/C19H20N2O6S2/c1-21(2)19(24)28-16-7-5-4-6-14(16)20-29(25,26)17-12-13(9-11-18(22)23)8-10-15(17)27-3/h4-12,20H,1-3H3,(H,22,23)/b11-9+. The number of carbonyl (C=O) groups is 2. The van der Waals surface area contributed by atoms with Gasteiger partial charge in [0.05, 0.1) is 12.8 Å². The van der Waals surface area contributed by atoms with Crippen LogP contribution in [-0.4, -0.2) is 50.8 Å². The number of benzene rings is 2. The van der Waals surface area contributed by atoms with E-state index >= 15 is 0 Å². The third-order valence-corrected chi connectivity index (χ3v) is 6.09. The van der Waals surface area contributed by atoms with Crippen molar-refractivity contribution in [3.8, 4) is 5.75 Å². The van der Waals surface area contributed by atoms with Crippen LogP contribution in [0.25, 0.3) is 6.08 Å². The molecule has 0 fully saturated rings. The summed E-state index contributed by atoms with van der Waals surface area (Å²) in [5, 5.41) is 8.51. The fourth-order valence-corrected chi connectivity index (χ4v) is 4.30. The molecule has 8 nitrogen and oxygen atoms in total. The first kappa shape index (κ1) is 22.3. The predicted molar refractivity (Wildman–Crippen MR) is 112 cm³/mol. The molecular weight excluding hydrogens is 416 g/mol. The molecule has 0 saturated heterocycles. The maximum Gasteiger partial charge on any atom is 0.328 e. The first-order chi connectivity index (χ1) is 13.6. The molecule has 0 aliphatic rings. The van der Waals surface area contributed by atoms with Crippen LogP contribution in [0.4, 0.5) is 10.5 Å². The number of hydrogen-bond acceptors (Lipinski definition) is 6. The Morgan fingerprint density at radius 1 is 1.17 bits per heavy atom. The Morgan fingerprint density at radius 3 is 2.48 bits per heavy atom. The quantitative estimate of drug-likeness (QED) is 0.505. The maximum atomic E-state index is 13.0. The number of carbonyl (C=O) groups excluding carboxylic acids is 1. The minimum absolute atomic E-state index is 0.0967. The van der Waals surface area contributed by atoms with Gasteiger partial charge in [0.1, 0.15) is 10.6 Å². The predicted octanol–water partition coefficient (Wildman–Crippen LogP) is 3.37. The topological polar surface area (TPSA) is 113 Å². The van der Waals surface area contributed by atoms with Crippen molar-refractivity contribution in [1.29, 1.82) is 0 Å². The van der Waals surface area contributed by atoms with Crippen molar-refractivity contribution in [3.05, 3.63) is 54.1 Å². The Kier molecular flexibility index (Phi) is 7.29. The number of sulfonamides is 1. The average molecular weight is 437 g/mol. The number of thioether (sulfide) groups is 1. The first-order valence-corrected chi connectivity index (χ1v) is 10.5. The van der Waals surface area contributed by atoms with E-state index in [1.165, 1.54) is 36.3 Å². The SMILES string of the molecule is COc1ccc(/C=C/C(=O)O)cc1S(=O)(=O)Nc1ccccc1SC(=O)N(C)C. The summed E-state index contributed by atoms with van der Waals surface area (Å²) in [7, 11) is 0.444. The highest BCUT2D eigenvalue weighted by Crippen LogP contribution is 2.32. The van der Waals surface area contributed by atoms with E-state index in [1.807, 2.05) is 0 Å². The second-order valence-corrected chi connectivity index (χ2v) is 8.59. The van der Waals surface area contributed by atoms with Crippen LogP contribution in [0.1, 0.15) is 5.56 Å². The molecule has 2 aromatic carbocycles. The highest BCUT2D eigenvalue weighted by molar-refractivity contribution is 8.13. The number of amides is 1. The minimum atomic E-state index is -4.09. The number of carboxylic acid groups (broad SMARTS) is 1. The summed E-state index contributed by atoms with van der Waals surface area (Å²) in [4.78, 5) is 24.4. The van der Waals surface area contributed by atoms with Crippen LogP contribution in [0.5, 0.6) is 5.75 Å². The zero-order valence-corrected chi connectivity index (χ0v) is 17.6. The summed E-state index contributed by atoms with van der Waals surface area (Å²) in [5.74, 6) is -1.06. The van der Waals surface area contributed by atoms with Gasteiger partial charge in [-0.25, -0.2) is 13.2 Å². The fraction of sp³-hybridized carbons (Fsp3) is 0.158. The van der Waals surface area contributed by atoms with Crippen LogP contribution in [0.2, 0.25) is 0 Å². The van der Waals surface area contributed by atoms with Gasteiger partial charge in [-0.2, -0.15) is 0 Å². The summed E-state index contributed by atoms with van der Waals surface area (Å²) in [5.41, 5.74) is 0.611. The van der Waals surface area contributed by atoms with Gasteiger partial charge >= 0.3 is 5.97 Å².